The Labute approximate surface area is 190 Å². The Morgan fingerprint density at radius 3 is 2.06 bits per heavy atom. The Morgan fingerprint density at radius 2 is 1.56 bits per heavy atom. The van der Waals surface area contributed by atoms with Gasteiger partial charge < -0.3 is 19.3 Å². The van der Waals surface area contributed by atoms with Crippen molar-refractivity contribution < 1.29 is 33.7 Å². The summed E-state index contributed by atoms with van der Waals surface area (Å²) < 4.78 is 16.4. The molecule has 2 rings (SSSR count). The van der Waals surface area contributed by atoms with Gasteiger partial charge in [0.05, 0.1) is 31.3 Å². The Kier molecular flexibility index (Phi) is 8.84. The molecule has 1 N–H and O–H groups in total. The van der Waals surface area contributed by atoms with E-state index in [1.54, 1.807) is 24.3 Å². The second-order valence-electron chi connectivity index (χ2n) is 9.53. The second-order valence-corrected chi connectivity index (χ2v) is 9.53. The van der Waals surface area contributed by atoms with Crippen molar-refractivity contribution in [1.82, 2.24) is 0 Å². The van der Waals surface area contributed by atoms with Crippen LogP contribution in [0, 0.1) is 23.7 Å². The first kappa shape index (κ1) is 25.8. The summed E-state index contributed by atoms with van der Waals surface area (Å²) in [7, 11) is 0. The number of Topliss-reactive ketones (excluding diaryl/α,β-unsaturated/α-hetero) is 1. The maximum atomic E-state index is 13.1. The molecule has 4 atom stereocenters. The molecule has 0 radical (unpaired) electrons. The SMILES string of the molecule is CCOc1ccc([C@H]2[C@@H](C(=O)OCC(C)C)C(=O)C[C@@](C)(O)[C@@H]2C(=O)OCC(C)C)cc1. The minimum Gasteiger partial charge on any atom is -0.494 e. The summed E-state index contributed by atoms with van der Waals surface area (Å²) in [6, 6.07) is 6.88. The molecule has 1 aliphatic carbocycles. The van der Waals surface area contributed by atoms with Crippen LogP contribution in [0.5, 0.6) is 5.75 Å². The minimum atomic E-state index is -1.66. The van der Waals surface area contributed by atoms with Crippen LogP contribution in [-0.4, -0.2) is 48.3 Å². The van der Waals surface area contributed by atoms with Crippen LogP contribution in [-0.2, 0) is 23.9 Å². The Morgan fingerprint density at radius 1 is 1.03 bits per heavy atom. The van der Waals surface area contributed by atoms with E-state index in [0.717, 1.165) is 0 Å². The first-order chi connectivity index (χ1) is 15.0. The zero-order valence-corrected chi connectivity index (χ0v) is 19.9. The van der Waals surface area contributed by atoms with Gasteiger partial charge in [-0.2, -0.15) is 0 Å². The number of carbonyl (C=O) groups is 3. The summed E-state index contributed by atoms with van der Waals surface area (Å²) in [5.74, 6) is -4.16. The molecule has 0 aromatic heterocycles. The molecule has 0 amide bonds. The van der Waals surface area contributed by atoms with Gasteiger partial charge >= 0.3 is 11.9 Å². The van der Waals surface area contributed by atoms with E-state index in [4.69, 9.17) is 14.2 Å². The number of benzene rings is 1. The maximum Gasteiger partial charge on any atom is 0.317 e. The lowest BCUT2D eigenvalue weighted by Crippen LogP contribution is -2.55. The summed E-state index contributed by atoms with van der Waals surface area (Å²) in [4.78, 5) is 39.2. The summed E-state index contributed by atoms with van der Waals surface area (Å²) in [6.07, 6.45) is -0.330. The fourth-order valence-corrected chi connectivity index (χ4v) is 4.05. The molecule has 178 valence electrons. The molecule has 1 saturated carbocycles. The summed E-state index contributed by atoms with van der Waals surface area (Å²) in [5.41, 5.74) is -1.09. The van der Waals surface area contributed by atoms with Gasteiger partial charge in [-0.05, 0) is 43.4 Å². The van der Waals surface area contributed by atoms with Crippen LogP contribution in [0.15, 0.2) is 24.3 Å². The van der Waals surface area contributed by atoms with Crippen molar-refractivity contribution in [3.05, 3.63) is 29.8 Å². The van der Waals surface area contributed by atoms with E-state index in [9.17, 15) is 19.5 Å². The van der Waals surface area contributed by atoms with Gasteiger partial charge in [0.15, 0.2) is 5.78 Å². The van der Waals surface area contributed by atoms with Gasteiger partial charge in [0.25, 0.3) is 0 Å². The predicted octanol–water partition coefficient (Wildman–Crippen LogP) is 3.52. The average Bonchev–Trinajstić information content (AvgIpc) is 2.70. The number of hydrogen-bond acceptors (Lipinski definition) is 7. The Balaban J connectivity index is 2.51. The molecule has 7 heteroatoms. The van der Waals surface area contributed by atoms with Crippen LogP contribution >= 0.6 is 0 Å². The average molecular weight is 449 g/mol. The minimum absolute atomic E-state index is 0.0940. The molecule has 7 nitrogen and oxygen atoms in total. The third-order valence-corrected chi connectivity index (χ3v) is 5.47. The highest BCUT2D eigenvalue weighted by Gasteiger charge is 2.57. The number of carbonyl (C=O) groups excluding carboxylic acids is 3. The number of hydrogen-bond donors (Lipinski definition) is 1. The van der Waals surface area contributed by atoms with Gasteiger partial charge in [0.1, 0.15) is 11.7 Å². The Bertz CT molecular complexity index is 795. The van der Waals surface area contributed by atoms with E-state index < -0.39 is 41.1 Å². The molecule has 0 saturated heterocycles. The van der Waals surface area contributed by atoms with Crippen LogP contribution in [0.4, 0.5) is 0 Å². The molecule has 0 spiro atoms. The third kappa shape index (κ3) is 6.31. The molecule has 32 heavy (non-hydrogen) atoms. The van der Waals surface area contributed by atoms with E-state index in [0.29, 0.717) is 17.9 Å². The van der Waals surface area contributed by atoms with Gasteiger partial charge in [-0.15, -0.1) is 0 Å². The lowest BCUT2D eigenvalue weighted by molar-refractivity contribution is -0.173. The van der Waals surface area contributed by atoms with Crippen LogP contribution in [0.2, 0.25) is 0 Å². The topological polar surface area (TPSA) is 99.1 Å². The Hall–Kier alpha value is -2.41. The molecular formula is C25H36O7. The first-order valence-corrected chi connectivity index (χ1v) is 11.3. The standard InChI is InChI=1S/C25H36O7/c1-7-30-18-10-8-17(9-11-18)20-21(23(27)31-13-15(2)3)19(26)12-25(6,29)22(20)24(28)32-14-16(4)5/h8-11,15-16,20-22,29H,7,12-14H2,1-6H3/t20-,21-,22-,25+/m0/s1. The van der Waals surface area contributed by atoms with E-state index >= 15 is 0 Å². The lowest BCUT2D eigenvalue weighted by Gasteiger charge is -2.43. The number of esters is 2. The number of ketones is 1. The highest BCUT2D eigenvalue weighted by Crippen LogP contribution is 2.47. The van der Waals surface area contributed by atoms with Crippen molar-refractivity contribution in [3.8, 4) is 5.75 Å². The molecule has 1 aromatic rings. The number of rotatable bonds is 9. The molecule has 0 bridgehead atoms. The lowest BCUT2D eigenvalue weighted by atomic mass is 9.61. The van der Waals surface area contributed by atoms with Gasteiger partial charge in [-0.25, -0.2) is 0 Å². The molecule has 0 unspecified atom stereocenters. The quantitative estimate of drug-likeness (QED) is 0.456. The fraction of sp³-hybridized carbons (Fsp3) is 0.640. The highest BCUT2D eigenvalue weighted by atomic mass is 16.5. The monoisotopic (exact) mass is 448 g/mol. The van der Waals surface area contributed by atoms with E-state index in [1.807, 2.05) is 34.6 Å². The molecule has 1 aromatic carbocycles. The van der Waals surface area contributed by atoms with Gasteiger partial charge in [-0.1, -0.05) is 39.8 Å². The van der Waals surface area contributed by atoms with Crippen molar-refractivity contribution in [3.63, 3.8) is 0 Å². The van der Waals surface area contributed by atoms with E-state index in [2.05, 4.69) is 0 Å². The highest BCUT2D eigenvalue weighted by molar-refractivity contribution is 6.02. The fourth-order valence-electron chi connectivity index (χ4n) is 4.05. The maximum absolute atomic E-state index is 13.1. The first-order valence-electron chi connectivity index (χ1n) is 11.3. The number of aliphatic hydroxyl groups is 1. The smallest absolute Gasteiger partial charge is 0.317 e. The van der Waals surface area contributed by atoms with Crippen LogP contribution < -0.4 is 4.74 Å². The summed E-state index contributed by atoms with van der Waals surface area (Å²) >= 11 is 0. The third-order valence-electron chi connectivity index (χ3n) is 5.47. The largest absolute Gasteiger partial charge is 0.494 e. The van der Waals surface area contributed by atoms with Gasteiger partial charge in [0.2, 0.25) is 0 Å². The normalized spacial score (nSPS) is 25.7. The van der Waals surface area contributed by atoms with Crippen LogP contribution in [0.3, 0.4) is 0 Å². The van der Waals surface area contributed by atoms with Crippen molar-refractivity contribution in [2.75, 3.05) is 19.8 Å². The van der Waals surface area contributed by atoms with Crippen LogP contribution in [0.25, 0.3) is 0 Å². The van der Waals surface area contributed by atoms with Crippen molar-refractivity contribution in [2.45, 2.75) is 59.5 Å². The zero-order valence-electron chi connectivity index (χ0n) is 19.9. The predicted molar refractivity (Wildman–Crippen MR) is 119 cm³/mol. The molecule has 1 aliphatic rings. The number of ether oxygens (including phenoxy) is 3. The van der Waals surface area contributed by atoms with Gasteiger partial charge in [0, 0.05) is 12.3 Å². The molecule has 1 fully saturated rings. The summed E-state index contributed by atoms with van der Waals surface area (Å²) in [6.45, 7) is 11.8. The second kappa shape index (κ2) is 10.9. The van der Waals surface area contributed by atoms with Crippen LogP contribution in [0.1, 0.15) is 59.4 Å². The van der Waals surface area contributed by atoms with E-state index in [1.165, 1.54) is 6.92 Å². The molecule has 0 aliphatic heterocycles. The molecule has 0 heterocycles. The van der Waals surface area contributed by atoms with E-state index in [-0.39, 0.29) is 31.5 Å². The van der Waals surface area contributed by atoms with Gasteiger partial charge in [-0.3, -0.25) is 14.4 Å². The van der Waals surface area contributed by atoms with Crippen molar-refractivity contribution in [1.29, 1.82) is 0 Å². The summed E-state index contributed by atoms with van der Waals surface area (Å²) in [5, 5.41) is 11.1. The van der Waals surface area contributed by atoms with Crippen molar-refractivity contribution in [2.24, 2.45) is 23.7 Å². The zero-order chi connectivity index (χ0) is 24.1. The molecular weight excluding hydrogens is 412 g/mol. The van der Waals surface area contributed by atoms with Crippen molar-refractivity contribution >= 4 is 17.7 Å².